The van der Waals surface area contributed by atoms with Crippen LogP contribution < -0.4 is 0 Å². The Hall–Kier alpha value is -0.630. The summed E-state index contributed by atoms with van der Waals surface area (Å²) in [5, 5.41) is 10.8. The van der Waals surface area contributed by atoms with Gasteiger partial charge in [0.2, 0.25) is 0 Å². The maximum Gasteiger partial charge on any atom is 0.170 e. The Balaban J connectivity index is 1.92. The van der Waals surface area contributed by atoms with Gasteiger partial charge >= 0.3 is 0 Å². The number of carbonyl (C=O) groups is 1. The highest BCUT2D eigenvalue weighted by Crippen LogP contribution is 2.69. The molecular formula is C16H22O2. The molecule has 18 heavy (non-hydrogen) atoms. The van der Waals surface area contributed by atoms with E-state index < -0.39 is 5.60 Å². The molecule has 8 atom stereocenters. The summed E-state index contributed by atoms with van der Waals surface area (Å²) < 4.78 is 0. The molecule has 0 radical (unpaired) electrons. The Labute approximate surface area is 108 Å². The van der Waals surface area contributed by atoms with Gasteiger partial charge < -0.3 is 5.11 Å². The van der Waals surface area contributed by atoms with Gasteiger partial charge in [-0.2, -0.15) is 0 Å². The molecule has 0 heterocycles. The number of aliphatic hydroxyl groups is 1. The van der Waals surface area contributed by atoms with Crippen molar-refractivity contribution < 1.29 is 9.90 Å². The van der Waals surface area contributed by atoms with Crippen LogP contribution in [0.15, 0.2) is 12.2 Å². The van der Waals surface area contributed by atoms with Gasteiger partial charge in [0.1, 0.15) is 5.60 Å². The molecule has 5 aliphatic rings. The van der Waals surface area contributed by atoms with E-state index in [0.717, 1.165) is 6.42 Å². The average Bonchev–Trinajstić information content (AvgIpc) is 2.86. The summed E-state index contributed by atoms with van der Waals surface area (Å²) in [6.07, 6.45) is 6.88. The second kappa shape index (κ2) is 2.92. The number of hydrogen-bond donors (Lipinski definition) is 1. The first-order chi connectivity index (χ1) is 8.37. The normalized spacial score (nSPS) is 64.6. The molecule has 4 bridgehead atoms. The van der Waals surface area contributed by atoms with Crippen molar-refractivity contribution in [1.29, 1.82) is 0 Å². The molecule has 2 nitrogen and oxygen atoms in total. The highest BCUT2D eigenvalue weighted by Gasteiger charge is 2.71. The van der Waals surface area contributed by atoms with Crippen LogP contribution in [-0.2, 0) is 4.79 Å². The highest BCUT2D eigenvalue weighted by atomic mass is 16.3. The number of Topliss-reactive ketones (excluding diaryl/α,β-unsaturated/α-hetero) is 1. The quantitative estimate of drug-likeness (QED) is 0.666. The van der Waals surface area contributed by atoms with E-state index in [1.54, 1.807) is 6.92 Å². The van der Waals surface area contributed by atoms with E-state index >= 15 is 0 Å². The molecule has 0 aliphatic heterocycles. The Morgan fingerprint density at radius 2 is 1.89 bits per heavy atom. The zero-order valence-corrected chi connectivity index (χ0v) is 11.4. The van der Waals surface area contributed by atoms with Gasteiger partial charge in [0, 0.05) is 11.3 Å². The van der Waals surface area contributed by atoms with Gasteiger partial charge in [0.05, 0.1) is 0 Å². The van der Waals surface area contributed by atoms with Crippen LogP contribution in [0.25, 0.3) is 0 Å². The lowest BCUT2D eigenvalue weighted by atomic mass is 9.42. The highest BCUT2D eigenvalue weighted by molar-refractivity contribution is 5.94. The van der Waals surface area contributed by atoms with Crippen LogP contribution in [0.1, 0.15) is 33.6 Å². The molecule has 1 N–H and O–H groups in total. The first kappa shape index (κ1) is 11.2. The minimum Gasteiger partial charge on any atom is -0.382 e. The first-order valence-corrected chi connectivity index (χ1v) is 7.33. The van der Waals surface area contributed by atoms with Crippen LogP contribution >= 0.6 is 0 Å². The SMILES string of the molecule is CC1C[C@]2(C)C(=O)[C@@](C)(O)[C@H]1[C@H]1[C@@H]2[C@@H]2C=C[C@H]1C2. The first-order valence-electron chi connectivity index (χ1n) is 7.33. The third kappa shape index (κ3) is 0.964. The van der Waals surface area contributed by atoms with Gasteiger partial charge in [-0.1, -0.05) is 26.0 Å². The second-order valence-electron chi connectivity index (χ2n) is 7.65. The summed E-state index contributed by atoms with van der Waals surface area (Å²) in [7, 11) is 0. The summed E-state index contributed by atoms with van der Waals surface area (Å²) in [5.74, 6) is 3.03. The fourth-order valence-electron chi connectivity index (χ4n) is 6.46. The van der Waals surface area contributed by atoms with Crippen molar-refractivity contribution in [3.8, 4) is 0 Å². The van der Waals surface area contributed by atoms with Gasteiger partial charge in [-0.05, 0) is 49.4 Å². The van der Waals surface area contributed by atoms with Crippen LogP contribution in [0.5, 0.6) is 0 Å². The largest absolute Gasteiger partial charge is 0.382 e. The number of fused-ring (bicyclic) bond motifs is 4. The zero-order chi connectivity index (χ0) is 12.9. The van der Waals surface area contributed by atoms with Crippen molar-refractivity contribution >= 4 is 5.78 Å². The lowest BCUT2D eigenvalue weighted by Crippen LogP contribution is -2.69. The van der Waals surface area contributed by atoms with Gasteiger partial charge in [0.25, 0.3) is 0 Å². The van der Waals surface area contributed by atoms with Crippen molar-refractivity contribution in [1.82, 2.24) is 0 Å². The Morgan fingerprint density at radius 3 is 2.61 bits per heavy atom. The Morgan fingerprint density at radius 1 is 1.22 bits per heavy atom. The van der Waals surface area contributed by atoms with E-state index in [-0.39, 0.29) is 17.1 Å². The van der Waals surface area contributed by atoms with E-state index in [2.05, 4.69) is 26.0 Å². The monoisotopic (exact) mass is 246 g/mol. The van der Waals surface area contributed by atoms with Gasteiger partial charge in [-0.25, -0.2) is 0 Å². The van der Waals surface area contributed by atoms with E-state index in [1.165, 1.54) is 6.42 Å². The number of ketones is 1. The third-order valence-corrected chi connectivity index (χ3v) is 6.66. The van der Waals surface area contributed by atoms with E-state index in [0.29, 0.717) is 29.6 Å². The molecule has 0 saturated heterocycles. The Kier molecular flexibility index (Phi) is 1.82. The van der Waals surface area contributed by atoms with Crippen LogP contribution in [0, 0.1) is 40.9 Å². The number of hydrogen-bond acceptors (Lipinski definition) is 2. The van der Waals surface area contributed by atoms with E-state index in [4.69, 9.17) is 0 Å². The summed E-state index contributed by atoms with van der Waals surface area (Å²) in [4.78, 5) is 12.7. The van der Waals surface area contributed by atoms with Crippen LogP contribution in [0.2, 0.25) is 0 Å². The topological polar surface area (TPSA) is 37.3 Å². The van der Waals surface area contributed by atoms with E-state index in [1.807, 2.05) is 0 Å². The fourth-order valence-corrected chi connectivity index (χ4v) is 6.46. The van der Waals surface area contributed by atoms with Crippen LogP contribution in [0.4, 0.5) is 0 Å². The van der Waals surface area contributed by atoms with Gasteiger partial charge in [-0.3, -0.25) is 4.79 Å². The molecule has 0 aromatic rings. The smallest absolute Gasteiger partial charge is 0.170 e. The average molecular weight is 246 g/mol. The van der Waals surface area contributed by atoms with Crippen molar-refractivity contribution in [2.24, 2.45) is 40.9 Å². The van der Waals surface area contributed by atoms with Crippen molar-refractivity contribution in [3.63, 3.8) is 0 Å². The lowest BCUT2D eigenvalue weighted by molar-refractivity contribution is -0.203. The minimum atomic E-state index is -1.09. The number of allylic oxidation sites excluding steroid dienone is 2. The number of carbonyl (C=O) groups excluding carboxylic acids is 1. The molecule has 4 saturated carbocycles. The molecule has 0 aromatic carbocycles. The van der Waals surface area contributed by atoms with Crippen molar-refractivity contribution in [2.45, 2.75) is 39.2 Å². The predicted octanol–water partition coefficient (Wildman–Crippen LogP) is 2.42. The van der Waals surface area contributed by atoms with Gasteiger partial charge in [-0.15, -0.1) is 0 Å². The Bertz CT molecular complexity index is 464. The summed E-state index contributed by atoms with van der Waals surface area (Å²) in [5.41, 5.74) is -1.38. The van der Waals surface area contributed by atoms with Crippen LogP contribution in [-0.4, -0.2) is 16.5 Å². The molecular weight excluding hydrogens is 224 g/mol. The third-order valence-electron chi connectivity index (χ3n) is 6.66. The lowest BCUT2D eigenvalue weighted by Gasteiger charge is -2.62. The van der Waals surface area contributed by atoms with Crippen molar-refractivity contribution in [2.75, 3.05) is 0 Å². The summed E-state index contributed by atoms with van der Waals surface area (Å²) >= 11 is 0. The second-order valence-corrected chi connectivity index (χ2v) is 7.65. The summed E-state index contributed by atoms with van der Waals surface area (Å²) in [6, 6.07) is 0. The maximum atomic E-state index is 12.7. The molecule has 2 heteroatoms. The molecule has 1 unspecified atom stereocenters. The molecule has 0 amide bonds. The molecule has 4 fully saturated rings. The molecule has 0 aromatic heterocycles. The predicted molar refractivity (Wildman–Crippen MR) is 68.7 cm³/mol. The molecule has 98 valence electrons. The standard InChI is InChI=1S/C16H22O2/c1-8-7-15(2)13-10-5-4-9(6-10)11(13)12(8)16(3,18)14(15)17/h4-5,8-13,18H,6-7H2,1-3H3/t8?,9-,10+,11-,12+,13-,15-,16-/m0/s1. The van der Waals surface area contributed by atoms with Gasteiger partial charge in [0.15, 0.2) is 5.78 Å². The van der Waals surface area contributed by atoms with Crippen LogP contribution in [0.3, 0.4) is 0 Å². The molecule has 5 aliphatic carbocycles. The summed E-state index contributed by atoms with van der Waals surface area (Å²) in [6.45, 7) is 6.14. The molecule has 0 spiro atoms. The maximum absolute atomic E-state index is 12.7. The zero-order valence-electron chi connectivity index (χ0n) is 11.4. The fraction of sp³-hybridized carbons (Fsp3) is 0.812. The minimum absolute atomic E-state index is 0.125. The molecule has 5 rings (SSSR count). The number of rotatable bonds is 0. The van der Waals surface area contributed by atoms with Crippen molar-refractivity contribution in [3.05, 3.63) is 12.2 Å². The van der Waals surface area contributed by atoms with E-state index in [9.17, 15) is 9.90 Å².